The lowest BCUT2D eigenvalue weighted by Gasteiger charge is -2.36. The number of likely N-dealkylation sites (N-methyl/N-ethyl adjacent to an activating group) is 1. The fourth-order valence-electron chi connectivity index (χ4n) is 1.98. The predicted molar refractivity (Wildman–Crippen MR) is 106 cm³/mol. The Kier molecular flexibility index (Phi) is 10.6. The van der Waals surface area contributed by atoms with E-state index in [0.29, 0.717) is 12.6 Å². The number of benzene rings is 1. The second-order valence-corrected chi connectivity index (χ2v) is 10.3. The van der Waals surface area contributed by atoms with Crippen molar-refractivity contribution in [3.8, 4) is 0 Å². The number of nitrogens with zero attached hydrogens (tertiary/aromatic N) is 2. The number of carbonyl (C=O) groups is 1. The van der Waals surface area contributed by atoms with Crippen LogP contribution in [0.15, 0.2) is 43.0 Å². The molecule has 0 aromatic heterocycles. The van der Waals surface area contributed by atoms with E-state index in [2.05, 4.69) is 39.7 Å². The number of halogens is 6. The summed E-state index contributed by atoms with van der Waals surface area (Å²) in [4.78, 5) is 11.0. The first kappa shape index (κ1) is 30.8. The number of hydrogen-bond acceptors (Lipinski definition) is 6. The Balaban J connectivity index is 0.000000633. The highest BCUT2D eigenvalue weighted by atomic mass is 32.3. The molecule has 1 rings (SSSR count). The van der Waals surface area contributed by atoms with Gasteiger partial charge in [0, 0.05) is 11.6 Å². The Morgan fingerprint density at radius 1 is 1.03 bits per heavy atom. The molecule has 1 unspecified atom stereocenters. The first-order chi connectivity index (χ1) is 14.7. The topological polar surface area (TPSA) is 109 Å². The second-order valence-electron chi connectivity index (χ2n) is 6.88. The normalized spacial score (nSPS) is 14.0. The van der Waals surface area contributed by atoms with Crippen molar-refractivity contribution in [3.05, 3.63) is 52.7 Å². The maximum Gasteiger partial charge on any atom is 0.480 e. The largest absolute Gasteiger partial charge is 0.480 e. The van der Waals surface area contributed by atoms with Gasteiger partial charge in [-0.05, 0) is 6.92 Å². The molecule has 190 valence electrons. The molecule has 0 bridgehead atoms. The van der Waals surface area contributed by atoms with E-state index in [9.17, 15) is 48.0 Å². The zero-order valence-electron chi connectivity index (χ0n) is 17.6. The predicted octanol–water partition coefficient (Wildman–Crippen LogP) is 3.61. The fraction of sp³-hybridized carbons (Fsp3) is 0.471. The molecule has 1 atom stereocenters. The molecule has 0 aliphatic rings. The summed E-state index contributed by atoms with van der Waals surface area (Å²) < 4.78 is 115. The summed E-state index contributed by atoms with van der Waals surface area (Å²) in [7, 11) is -9.17. The summed E-state index contributed by atoms with van der Waals surface area (Å²) >= 11 is 0. The SMILES string of the molecule is C=CC(=O)OCC[N+](C)(C)C(C)c1ccccc1.O=S(=O)([N-]S(=O)(=O)C(F)(F)F)C(F)(F)F. The third-order valence-corrected chi connectivity index (χ3v) is 6.93. The first-order valence-electron chi connectivity index (χ1n) is 8.71. The van der Waals surface area contributed by atoms with Crippen LogP contribution in [0.4, 0.5) is 26.3 Å². The molecule has 0 spiro atoms. The van der Waals surface area contributed by atoms with Crippen molar-refractivity contribution in [1.29, 1.82) is 0 Å². The van der Waals surface area contributed by atoms with Gasteiger partial charge in [0.2, 0.25) is 0 Å². The highest BCUT2D eigenvalue weighted by molar-refractivity contribution is 8.13. The third-order valence-electron chi connectivity index (χ3n) is 4.19. The smallest absolute Gasteiger partial charge is 0.457 e. The molecule has 0 radical (unpaired) electrons. The Morgan fingerprint density at radius 2 is 1.45 bits per heavy atom. The number of esters is 1. The van der Waals surface area contributed by atoms with Crippen LogP contribution in [0.2, 0.25) is 0 Å². The molecule has 8 nitrogen and oxygen atoms in total. The zero-order chi connectivity index (χ0) is 26.3. The highest BCUT2D eigenvalue weighted by Gasteiger charge is 2.46. The van der Waals surface area contributed by atoms with Crippen molar-refractivity contribution in [1.82, 2.24) is 0 Å². The monoisotopic (exact) mass is 528 g/mol. The van der Waals surface area contributed by atoms with E-state index in [-0.39, 0.29) is 5.97 Å². The van der Waals surface area contributed by atoms with Crippen molar-refractivity contribution < 1.29 is 57.2 Å². The lowest BCUT2D eigenvalue weighted by atomic mass is 10.1. The van der Waals surface area contributed by atoms with Gasteiger partial charge in [0.15, 0.2) is 20.0 Å². The van der Waals surface area contributed by atoms with Crippen molar-refractivity contribution in [2.45, 2.75) is 24.0 Å². The minimum absolute atomic E-state index is 0.355. The summed E-state index contributed by atoms with van der Waals surface area (Å²) in [6, 6.07) is 10.7. The van der Waals surface area contributed by atoms with E-state index in [1.165, 1.54) is 11.6 Å². The van der Waals surface area contributed by atoms with Crippen LogP contribution in [0.1, 0.15) is 18.5 Å². The molecule has 0 amide bonds. The van der Waals surface area contributed by atoms with Gasteiger partial charge in [0.1, 0.15) is 19.2 Å². The van der Waals surface area contributed by atoms with E-state index >= 15 is 0 Å². The number of rotatable bonds is 8. The Hall–Kier alpha value is -2.17. The van der Waals surface area contributed by atoms with Crippen molar-refractivity contribution in [2.24, 2.45) is 0 Å². The molecule has 0 heterocycles. The number of hydrogen-bond donors (Lipinski definition) is 0. The van der Waals surface area contributed by atoms with Crippen molar-refractivity contribution in [2.75, 3.05) is 27.2 Å². The van der Waals surface area contributed by atoms with Crippen LogP contribution in [0.25, 0.3) is 4.13 Å². The van der Waals surface area contributed by atoms with E-state index in [0.717, 1.165) is 15.2 Å². The first-order valence-corrected chi connectivity index (χ1v) is 11.6. The van der Waals surface area contributed by atoms with Crippen LogP contribution in [0, 0.1) is 0 Å². The van der Waals surface area contributed by atoms with Gasteiger partial charge in [-0.2, -0.15) is 26.3 Å². The molecule has 1 aromatic carbocycles. The average Bonchev–Trinajstić information content (AvgIpc) is 2.65. The third kappa shape index (κ3) is 9.69. The Labute approximate surface area is 187 Å². The molecule has 0 saturated carbocycles. The minimum atomic E-state index is -6.72. The fourth-order valence-corrected chi connectivity index (χ4v) is 3.69. The molecule has 16 heteroatoms. The number of quaternary nitrogens is 1. The quantitative estimate of drug-likeness (QED) is 0.221. The summed E-state index contributed by atoms with van der Waals surface area (Å²) in [5.74, 6) is -0.359. The van der Waals surface area contributed by atoms with Gasteiger partial charge in [-0.25, -0.2) is 21.6 Å². The minimum Gasteiger partial charge on any atom is -0.457 e. The summed E-state index contributed by atoms with van der Waals surface area (Å²) in [6.45, 7) is 6.75. The van der Waals surface area contributed by atoms with Gasteiger partial charge in [-0.1, -0.05) is 36.9 Å². The van der Waals surface area contributed by atoms with Crippen LogP contribution >= 0.6 is 0 Å². The Bertz CT molecular complexity index is 965. The standard InChI is InChI=1S/C15H22NO2.C2F6NO4S2/c1-5-15(17)18-12-11-16(3,4)13(2)14-9-7-6-8-10-14;3-1(4,5)14(10,11)9-15(12,13)2(6,7)8/h5-10,13H,1,11-12H2,2-4H3;/q+1;-1. The molecule has 0 aliphatic heterocycles. The average molecular weight is 528 g/mol. The molecule has 0 fully saturated rings. The second kappa shape index (κ2) is 11.3. The zero-order valence-corrected chi connectivity index (χ0v) is 19.2. The van der Waals surface area contributed by atoms with E-state index in [4.69, 9.17) is 4.74 Å². The summed E-state index contributed by atoms with van der Waals surface area (Å²) in [6.07, 6.45) is 1.20. The molecular weight excluding hydrogens is 506 g/mol. The summed E-state index contributed by atoms with van der Waals surface area (Å²) in [5, 5.41) is 0. The number of carbonyl (C=O) groups excluding carboxylic acids is 1. The molecule has 1 aromatic rings. The molecule has 0 N–H and O–H groups in total. The maximum absolute atomic E-state index is 11.4. The van der Waals surface area contributed by atoms with Gasteiger partial charge in [-0.3, -0.25) is 0 Å². The number of alkyl halides is 6. The van der Waals surface area contributed by atoms with Crippen LogP contribution in [0.5, 0.6) is 0 Å². The van der Waals surface area contributed by atoms with Crippen LogP contribution in [0.3, 0.4) is 0 Å². The highest BCUT2D eigenvalue weighted by Crippen LogP contribution is 2.36. The number of sulfonamides is 2. The van der Waals surface area contributed by atoms with Crippen molar-refractivity contribution >= 4 is 26.0 Å². The van der Waals surface area contributed by atoms with Crippen molar-refractivity contribution in [3.63, 3.8) is 0 Å². The van der Waals surface area contributed by atoms with E-state index < -0.39 is 31.1 Å². The van der Waals surface area contributed by atoms with Gasteiger partial charge in [0.25, 0.3) is 0 Å². The Morgan fingerprint density at radius 3 is 1.82 bits per heavy atom. The van der Waals surface area contributed by atoms with E-state index in [1.807, 2.05) is 18.2 Å². The lowest BCUT2D eigenvalue weighted by molar-refractivity contribution is -0.919. The van der Waals surface area contributed by atoms with Gasteiger partial charge in [0.05, 0.1) is 14.1 Å². The van der Waals surface area contributed by atoms with Gasteiger partial charge >= 0.3 is 17.0 Å². The van der Waals surface area contributed by atoms with Crippen LogP contribution in [-0.2, 0) is 29.6 Å². The van der Waals surface area contributed by atoms with Crippen LogP contribution < -0.4 is 0 Å². The maximum atomic E-state index is 11.4. The molecular formula is C17H22F6N2O6S2. The molecule has 33 heavy (non-hydrogen) atoms. The molecule has 0 aliphatic carbocycles. The molecule has 0 saturated heterocycles. The van der Waals surface area contributed by atoms with Crippen LogP contribution in [-0.4, -0.2) is 65.6 Å². The van der Waals surface area contributed by atoms with E-state index in [1.54, 1.807) is 0 Å². The summed E-state index contributed by atoms with van der Waals surface area (Å²) in [5.41, 5.74) is -11.1. The number of ether oxygens (including phenoxy) is 1. The van der Waals surface area contributed by atoms with Gasteiger partial charge in [-0.15, -0.1) is 0 Å². The van der Waals surface area contributed by atoms with Gasteiger partial charge < -0.3 is 13.3 Å². The lowest BCUT2D eigenvalue weighted by Crippen LogP contribution is -2.44.